The van der Waals surface area contributed by atoms with E-state index in [9.17, 15) is 17.6 Å². The lowest BCUT2D eigenvalue weighted by atomic mass is 10.2. The first-order valence-electron chi connectivity index (χ1n) is 6.39. The van der Waals surface area contributed by atoms with Crippen LogP contribution in [0, 0.1) is 5.82 Å². The molecule has 0 aliphatic rings. The van der Waals surface area contributed by atoms with Gasteiger partial charge in [-0.05, 0) is 36.4 Å². The highest BCUT2D eigenvalue weighted by Crippen LogP contribution is 2.26. The number of hydrogen-bond acceptors (Lipinski definition) is 3. The molecule has 0 saturated heterocycles. The number of rotatable bonds is 4. The van der Waals surface area contributed by atoms with Crippen LogP contribution in [0.2, 0.25) is 0 Å². The molecule has 0 aliphatic heterocycles. The second kappa shape index (κ2) is 6.15. The minimum absolute atomic E-state index is 0.276. The van der Waals surface area contributed by atoms with E-state index in [0.717, 1.165) is 10.6 Å². The Bertz CT molecular complexity index is 789. The molecule has 2 rings (SSSR count). The Hall–Kier alpha value is -2.41. The molecule has 0 radical (unpaired) electrons. The summed E-state index contributed by atoms with van der Waals surface area (Å²) in [5, 5.41) is 2.63. The Morgan fingerprint density at radius 3 is 2.27 bits per heavy atom. The Labute approximate surface area is 128 Å². The van der Waals surface area contributed by atoms with Crippen LogP contribution in [0.1, 0.15) is 10.4 Å². The summed E-state index contributed by atoms with van der Waals surface area (Å²) in [7, 11) is -2.05. The molecule has 2 aromatic carbocycles. The van der Waals surface area contributed by atoms with Crippen molar-refractivity contribution in [2.45, 2.75) is 0 Å². The van der Waals surface area contributed by atoms with E-state index in [0.29, 0.717) is 11.4 Å². The first-order chi connectivity index (χ1) is 10.3. The lowest BCUT2D eigenvalue weighted by Crippen LogP contribution is -2.26. The van der Waals surface area contributed by atoms with Crippen LogP contribution in [0.25, 0.3) is 0 Å². The summed E-state index contributed by atoms with van der Waals surface area (Å²) in [6.07, 6.45) is 1.07. The third-order valence-electron chi connectivity index (χ3n) is 3.10. The summed E-state index contributed by atoms with van der Waals surface area (Å²) in [5.74, 6) is -0.886. The van der Waals surface area contributed by atoms with Crippen LogP contribution in [0.5, 0.6) is 0 Å². The normalized spacial score (nSPS) is 11.0. The van der Waals surface area contributed by atoms with Gasteiger partial charge in [-0.3, -0.25) is 9.10 Å². The van der Waals surface area contributed by atoms with Crippen LogP contribution in [-0.4, -0.2) is 27.6 Å². The maximum absolute atomic E-state index is 12.9. The maximum atomic E-state index is 12.9. The molecule has 0 spiro atoms. The Morgan fingerprint density at radius 2 is 1.68 bits per heavy atom. The number of anilines is 2. The van der Waals surface area contributed by atoms with Crippen molar-refractivity contribution in [1.82, 2.24) is 0 Å². The second-order valence-corrected chi connectivity index (χ2v) is 6.72. The van der Waals surface area contributed by atoms with Crippen LogP contribution < -0.4 is 9.62 Å². The summed E-state index contributed by atoms with van der Waals surface area (Å²) in [4.78, 5) is 12.1. The zero-order valence-electron chi connectivity index (χ0n) is 12.1. The van der Waals surface area contributed by atoms with E-state index in [-0.39, 0.29) is 5.56 Å². The highest BCUT2D eigenvalue weighted by atomic mass is 32.2. The number of nitrogens with zero attached hydrogens (tertiary/aromatic N) is 1. The molecule has 0 unspecified atom stereocenters. The molecule has 0 atom stereocenters. The monoisotopic (exact) mass is 322 g/mol. The van der Waals surface area contributed by atoms with Gasteiger partial charge in [-0.1, -0.05) is 12.1 Å². The minimum Gasteiger partial charge on any atom is -0.320 e. The zero-order valence-corrected chi connectivity index (χ0v) is 12.9. The van der Waals surface area contributed by atoms with Crippen LogP contribution >= 0.6 is 0 Å². The van der Waals surface area contributed by atoms with E-state index in [1.807, 2.05) is 0 Å². The molecule has 0 saturated carbocycles. The molecule has 116 valence electrons. The van der Waals surface area contributed by atoms with Crippen molar-refractivity contribution in [1.29, 1.82) is 0 Å². The van der Waals surface area contributed by atoms with Crippen molar-refractivity contribution >= 4 is 27.3 Å². The standard InChI is InChI=1S/C15H15FN2O3S/c1-18(22(2,20)21)14-6-4-3-5-13(14)17-15(19)11-7-9-12(16)10-8-11/h3-10H,1-2H3,(H,17,19). The number of hydrogen-bond donors (Lipinski definition) is 1. The van der Waals surface area contributed by atoms with Crippen LogP contribution in [0.15, 0.2) is 48.5 Å². The van der Waals surface area contributed by atoms with Gasteiger partial charge < -0.3 is 5.32 Å². The first kappa shape index (κ1) is 16.0. The first-order valence-corrected chi connectivity index (χ1v) is 8.24. The number of benzene rings is 2. The molecule has 1 amide bonds. The molecule has 0 aromatic heterocycles. The summed E-state index contributed by atoms with van der Waals surface area (Å²) in [6.45, 7) is 0. The molecule has 5 nitrogen and oxygen atoms in total. The van der Waals surface area contributed by atoms with E-state index in [1.165, 1.54) is 31.3 Å². The third kappa shape index (κ3) is 3.62. The molecule has 0 fully saturated rings. The van der Waals surface area contributed by atoms with E-state index in [1.54, 1.807) is 24.3 Å². The van der Waals surface area contributed by atoms with Crippen LogP contribution in [0.3, 0.4) is 0 Å². The molecule has 0 heterocycles. The van der Waals surface area contributed by atoms with Crippen molar-refractivity contribution in [2.24, 2.45) is 0 Å². The lowest BCUT2D eigenvalue weighted by molar-refractivity contribution is 0.102. The largest absolute Gasteiger partial charge is 0.320 e. The van der Waals surface area contributed by atoms with Gasteiger partial charge in [0, 0.05) is 12.6 Å². The minimum atomic E-state index is -3.45. The SMILES string of the molecule is CN(c1ccccc1NC(=O)c1ccc(F)cc1)S(C)(=O)=O. The zero-order chi connectivity index (χ0) is 16.3. The molecule has 0 aliphatic carbocycles. The smallest absolute Gasteiger partial charge is 0.255 e. The number of para-hydroxylation sites is 2. The summed E-state index contributed by atoms with van der Waals surface area (Å²) >= 11 is 0. The van der Waals surface area contributed by atoms with Gasteiger partial charge in [0.1, 0.15) is 5.82 Å². The molecule has 22 heavy (non-hydrogen) atoms. The number of carbonyl (C=O) groups excluding carboxylic acids is 1. The Morgan fingerprint density at radius 1 is 1.09 bits per heavy atom. The van der Waals surface area contributed by atoms with Crippen LogP contribution in [-0.2, 0) is 10.0 Å². The fourth-order valence-corrected chi connectivity index (χ4v) is 2.34. The van der Waals surface area contributed by atoms with E-state index < -0.39 is 21.7 Å². The van der Waals surface area contributed by atoms with E-state index in [2.05, 4.69) is 5.32 Å². The molecule has 1 N–H and O–H groups in total. The molecule has 7 heteroatoms. The van der Waals surface area contributed by atoms with Gasteiger partial charge in [0.05, 0.1) is 17.6 Å². The number of amides is 1. The molecular weight excluding hydrogens is 307 g/mol. The molecular formula is C15H15FN2O3S. The highest BCUT2D eigenvalue weighted by Gasteiger charge is 2.17. The van der Waals surface area contributed by atoms with Crippen molar-refractivity contribution < 1.29 is 17.6 Å². The topological polar surface area (TPSA) is 66.5 Å². The fraction of sp³-hybridized carbons (Fsp3) is 0.133. The Balaban J connectivity index is 2.30. The lowest BCUT2D eigenvalue weighted by Gasteiger charge is -2.20. The van der Waals surface area contributed by atoms with E-state index >= 15 is 0 Å². The van der Waals surface area contributed by atoms with Crippen LogP contribution in [0.4, 0.5) is 15.8 Å². The number of nitrogens with one attached hydrogen (secondary N) is 1. The van der Waals surface area contributed by atoms with Gasteiger partial charge in [-0.25, -0.2) is 12.8 Å². The van der Waals surface area contributed by atoms with Crippen molar-refractivity contribution in [2.75, 3.05) is 22.9 Å². The second-order valence-electron chi connectivity index (χ2n) is 4.71. The predicted molar refractivity (Wildman–Crippen MR) is 84.0 cm³/mol. The van der Waals surface area contributed by atoms with E-state index in [4.69, 9.17) is 0 Å². The average Bonchev–Trinajstić information content (AvgIpc) is 2.46. The Kier molecular flexibility index (Phi) is 4.46. The summed E-state index contributed by atoms with van der Waals surface area (Å²) in [6, 6.07) is 11.6. The summed E-state index contributed by atoms with van der Waals surface area (Å²) in [5.41, 5.74) is 0.975. The third-order valence-corrected chi connectivity index (χ3v) is 4.29. The van der Waals surface area contributed by atoms with Crippen molar-refractivity contribution in [3.05, 3.63) is 59.9 Å². The van der Waals surface area contributed by atoms with Gasteiger partial charge in [0.25, 0.3) is 5.91 Å². The quantitative estimate of drug-likeness (QED) is 0.940. The maximum Gasteiger partial charge on any atom is 0.255 e. The molecule has 2 aromatic rings. The highest BCUT2D eigenvalue weighted by molar-refractivity contribution is 7.92. The van der Waals surface area contributed by atoms with Crippen molar-refractivity contribution in [3.63, 3.8) is 0 Å². The van der Waals surface area contributed by atoms with Gasteiger partial charge in [0.15, 0.2) is 0 Å². The molecule has 0 bridgehead atoms. The average molecular weight is 322 g/mol. The van der Waals surface area contributed by atoms with Gasteiger partial charge in [-0.15, -0.1) is 0 Å². The summed E-state index contributed by atoms with van der Waals surface area (Å²) < 4.78 is 37.2. The fourth-order valence-electron chi connectivity index (χ4n) is 1.83. The number of halogens is 1. The number of carbonyl (C=O) groups is 1. The van der Waals surface area contributed by atoms with Gasteiger partial charge >= 0.3 is 0 Å². The number of sulfonamides is 1. The predicted octanol–water partition coefficient (Wildman–Crippen LogP) is 2.47. The van der Waals surface area contributed by atoms with Gasteiger partial charge in [0.2, 0.25) is 10.0 Å². The van der Waals surface area contributed by atoms with Crippen molar-refractivity contribution in [3.8, 4) is 0 Å². The van der Waals surface area contributed by atoms with Gasteiger partial charge in [-0.2, -0.15) is 0 Å².